The van der Waals surface area contributed by atoms with Gasteiger partial charge < -0.3 is 9.16 Å². The lowest BCUT2D eigenvalue weighted by Crippen LogP contribution is -2.49. The highest BCUT2D eigenvalue weighted by Crippen LogP contribution is 2.57. The minimum atomic E-state index is -1.84. The van der Waals surface area contributed by atoms with Crippen molar-refractivity contribution < 1.29 is 18.8 Å². The lowest BCUT2D eigenvalue weighted by molar-refractivity contribution is -0.138. The van der Waals surface area contributed by atoms with E-state index < -0.39 is 14.3 Å². The summed E-state index contributed by atoms with van der Waals surface area (Å²) in [5.74, 6) is 0.216. The molecule has 0 radical (unpaired) electrons. The van der Waals surface area contributed by atoms with Gasteiger partial charge in [0.05, 0.1) is 0 Å². The predicted molar refractivity (Wildman–Crippen MR) is 102 cm³/mol. The van der Waals surface area contributed by atoms with Crippen LogP contribution in [0.2, 0.25) is 18.1 Å². The number of allylic oxidation sites excluding steroid dienone is 2. The van der Waals surface area contributed by atoms with Crippen LogP contribution in [0, 0.1) is 11.3 Å². The number of hydrogen-bond acceptors (Lipinski definition) is 4. The van der Waals surface area contributed by atoms with E-state index in [1.165, 1.54) is 6.92 Å². The van der Waals surface area contributed by atoms with Crippen LogP contribution in [0.15, 0.2) is 11.3 Å². The molecule has 0 N–H and O–H groups in total. The molecule has 0 aliphatic heterocycles. The third-order valence-corrected chi connectivity index (χ3v) is 11.3. The second kappa shape index (κ2) is 6.99. The molecule has 142 valence electrons. The number of aldehydes is 1. The van der Waals surface area contributed by atoms with Gasteiger partial charge in [0.15, 0.2) is 20.4 Å². The zero-order valence-corrected chi connectivity index (χ0v) is 17.9. The highest BCUT2D eigenvalue weighted by molar-refractivity contribution is 6.74. The minimum absolute atomic E-state index is 0.100. The maximum Gasteiger partial charge on any atom is 0.308 e. The van der Waals surface area contributed by atoms with Gasteiger partial charge in [-0.1, -0.05) is 34.1 Å². The molecule has 5 heteroatoms. The summed E-state index contributed by atoms with van der Waals surface area (Å²) in [5.41, 5.74) is 0.919. The molecule has 3 atom stereocenters. The lowest BCUT2D eigenvalue weighted by atomic mass is 9.66. The fourth-order valence-corrected chi connectivity index (χ4v) is 5.74. The Morgan fingerprint density at radius 2 is 1.92 bits per heavy atom. The number of carbonyl (C=O) groups is 2. The van der Waals surface area contributed by atoms with Crippen LogP contribution in [0.4, 0.5) is 0 Å². The van der Waals surface area contributed by atoms with Crippen molar-refractivity contribution in [3.63, 3.8) is 0 Å². The van der Waals surface area contributed by atoms with E-state index in [-0.39, 0.29) is 22.3 Å². The SMILES string of the molecule is CC(=O)O/C(C=O)=C1/CC[C@H]2[C@@H](O[Si](C)(C)C(C)(C)C)CCC[C@]12C. The van der Waals surface area contributed by atoms with Gasteiger partial charge in [-0.15, -0.1) is 0 Å². The van der Waals surface area contributed by atoms with Crippen molar-refractivity contribution in [2.75, 3.05) is 0 Å². The number of esters is 1. The van der Waals surface area contributed by atoms with E-state index in [1.54, 1.807) is 0 Å². The molecule has 0 aromatic heterocycles. The number of hydrogen-bond donors (Lipinski definition) is 0. The fraction of sp³-hybridized carbons (Fsp3) is 0.800. The van der Waals surface area contributed by atoms with Crippen LogP contribution in [-0.4, -0.2) is 26.7 Å². The Morgan fingerprint density at radius 3 is 2.44 bits per heavy atom. The lowest BCUT2D eigenvalue weighted by Gasteiger charge is -2.47. The van der Waals surface area contributed by atoms with E-state index in [2.05, 4.69) is 40.8 Å². The first-order valence-electron chi connectivity index (χ1n) is 9.47. The Hall–Kier alpha value is -0.943. The first kappa shape index (κ1) is 20.4. The molecule has 25 heavy (non-hydrogen) atoms. The van der Waals surface area contributed by atoms with Gasteiger partial charge in [0.1, 0.15) is 0 Å². The van der Waals surface area contributed by atoms with Gasteiger partial charge in [0, 0.05) is 13.0 Å². The molecule has 0 bridgehead atoms. The first-order valence-corrected chi connectivity index (χ1v) is 12.4. The number of fused-ring (bicyclic) bond motifs is 1. The summed E-state index contributed by atoms with van der Waals surface area (Å²) in [6.45, 7) is 15.0. The molecule has 0 aromatic carbocycles. The molecule has 2 saturated carbocycles. The Balaban J connectivity index is 2.31. The molecule has 2 aliphatic carbocycles. The zero-order valence-electron chi connectivity index (χ0n) is 16.9. The predicted octanol–water partition coefficient (Wildman–Crippen LogP) is 4.99. The smallest absolute Gasteiger partial charge is 0.308 e. The van der Waals surface area contributed by atoms with Gasteiger partial charge in [-0.2, -0.15) is 0 Å². The molecule has 0 aromatic rings. The molecule has 0 spiro atoms. The third-order valence-electron chi connectivity index (χ3n) is 6.76. The second-order valence-electron chi connectivity index (χ2n) is 9.43. The van der Waals surface area contributed by atoms with Gasteiger partial charge >= 0.3 is 5.97 Å². The van der Waals surface area contributed by atoms with Crippen molar-refractivity contribution in [1.29, 1.82) is 0 Å². The number of rotatable bonds is 4. The van der Waals surface area contributed by atoms with Crippen molar-refractivity contribution in [3.8, 4) is 0 Å². The molecule has 2 fully saturated rings. The first-order chi connectivity index (χ1) is 11.4. The van der Waals surface area contributed by atoms with Crippen molar-refractivity contribution in [2.45, 2.75) is 91.0 Å². The maximum absolute atomic E-state index is 11.5. The Kier molecular flexibility index (Phi) is 5.70. The summed E-state index contributed by atoms with van der Waals surface area (Å²) >= 11 is 0. The van der Waals surface area contributed by atoms with Gasteiger partial charge in [-0.3, -0.25) is 9.59 Å². The van der Waals surface area contributed by atoms with Crippen LogP contribution in [0.5, 0.6) is 0 Å². The average Bonchev–Trinajstić information content (AvgIpc) is 2.81. The molecule has 2 aliphatic rings. The van der Waals surface area contributed by atoms with Crippen molar-refractivity contribution in [2.24, 2.45) is 11.3 Å². The second-order valence-corrected chi connectivity index (χ2v) is 14.2. The van der Waals surface area contributed by atoms with Gasteiger partial charge in [0.25, 0.3) is 0 Å². The Morgan fingerprint density at radius 1 is 1.28 bits per heavy atom. The zero-order chi connectivity index (χ0) is 19.0. The van der Waals surface area contributed by atoms with Crippen LogP contribution in [0.25, 0.3) is 0 Å². The highest BCUT2D eigenvalue weighted by Gasteiger charge is 2.52. The summed E-state index contributed by atoms with van der Waals surface area (Å²) in [6, 6.07) is 0. The molecule has 4 nitrogen and oxygen atoms in total. The van der Waals surface area contributed by atoms with E-state index in [0.29, 0.717) is 12.2 Å². The largest absolute Gasteiger partial charge is 0.423 e. The van der Waals surface area contributed by atoms with Crippen molar-refractivity contribution in [1.82, 2.24) is 0 Å². The molecule has 0 heterocycles. The Bertz CT molecular complexity index is 573. The maximum atomic E-state index is 11.5. The van der Waals surface area contributed by atoms with E-state index >= 15 is 0 Å². The topological polar surface area (TPSA) is 52.6 Å². The van der Waals surface area contributed by atoms with Crippen LogP contribution in [0.3, 0.4) is 0 Å². The molecule has 0 amide bonds. The summed E-state index contributed by atoms with van der Waals surface area (Å²) in [4.78, 5) is 22.9. The van der Waals surface area contributed by atoms with Crippen LogP contribution in [0.1, 0.15) is 66.7 Å². The normalized spacial score (nSPS) is 32.1. The van der Waals surface area contributed by atoms with Gasteiger partial charge in [-0.25, -0.2) is 0 Å². The van der Waals surface area contributed by atoms with Crippen LogP contribution in [-0.2, 0) is 18.8 Å². The summed E-state index contributed by atoms with van der Waals surface area (Å²) in [7, 11) is -1.84. The van der Waals surface area contributed by atoms with E-state index in [4.69, 9.17) is 9.16 Å². The molecule has 0 saturated heterocycles. The summed E-state index contributed by atoms with van der Waals surface area (Å²) in [6.07, 6.45) is 5.98. The van der Waals surface area contributed by atoms with E-state index in [9.17, 15) is 9.59 Å². The van der Waals surface area contributed by atoms with Crippen LogP contribution < -0.4 is 0 Å². The summed E-state index contributed by atoms with van der Waals surface area (Å²) < 4.78 is 12.0. The Labute approximate surface area is 153 Å². The van der Waals surface area contributed by atoms with Gasteiger partial charge in [0.2, 0.25) is 0 Å². The van der Waals surface area contributed by atoms with E-state index in [1.807, 2.05) is 0 Å². The van der Waals surface area contributed by atoms with Gasteiger partial charge in [-0.05, 0) is 60.7 Å². The standard InChI is InChI=1S/C20H34O4Si/c1-14(22)23-18(13-21)16-11-10-15-17(9-8-12-20(15,16)5)24-25(6,7)19(2,3)4/h13,15,17H,8-12H2,1-7H3/b18-16-/t15-,17-,20-/m0/s1. The number of carbonyl (C=O) groups excluding carboxylic acids is 2. The fourth-order valence-electron chi connectivity index (χ4n) is 4.34. The highest BCUT2D eigenvalue weighted by atomic mass is 28.4. The number of ether oxygens (including phenoxy) is 1. The quantitative estimate of drug-likeness (QED) is 0.231. The summed E-state index contributed by atoms with van der Waals surface area (Å²) in [5, 5.41) is 0.184. The molecular weight excluding hydrogens is 332 g/mol. The third kappa shape index (κ3) is 3.92. The molecular formula is C20H34O4Si. The van der Waals surface area contributed by atoms with E-state index in [0.717, 1.165) is 37.7 Å². The average molecular weight is 367 g/mol. The molecule has 0 unspecified atom stereocenters. The molecule has 2 rings (SSSR count). The van der Waals surface area contributed by atoms with Crippen molar-refractivity contribution in [3.05, 3.63) is 11.3 Å². The monoisotopic (exact) mass is 366 g/mol. The minimum Gasteiger partial charge on any atom is -0.423 e. The van der Waals surface area contributed by atoms with Crippen molar-refractivity contribution >= 4 is 20.6 Å². The van der Waals surface area contributed by atoms with Crippen LogP contribution >= 0.6 is 0 Å².